The minimum atomic E-state index is -0.286. The third-order valence-electron chi connectivity index (χ3n) is 5.37. The maximum atomic E-state index is 12.6. The number of carbonyl (C=O) groups excluding carboxylic acids is 1. The quantitative estimate of drug-likeness (QED) is 0.681. The van der Waals surface area contributed by atoms with E-state index in [1.54, 1.807) is 6.20 Å². The summed E-state index contributed by atoms with van der Waals surface area (Å²) in [5.74, 6) is 0.524. The van der Waals surface area contributed by atoms with Gasteiger partial charge in [-0.05, 0) is 50.3 Å². The Morgan fingerprint density at radius 3 is 2.60 bits per heavy atom. The van der Waals surface area contributed by atoms with Gasteiger partial charge >= 0.3 is 5.97 Å². The first-order valence-corrected chi connectivity index (χ1v) is 10.4. The summed E-state index contributed by atoms with van der Waals surface area (Å²) in [4.78, 5) is 23.6. The molecule has 2 aromatic rings. The van der Waals surface area contributed by atoms with Crippen molar-refractivity contribution >= 4 is 11.9 Å². The molecule has 1 aromatic carbocycles. The molecular weight excluding hydrogens is 376 g/mol. The molecule has 0 amide bonds. The summed E-state index contributed by atoms with van der Waals surface area (Å²) in [7, 11) is 1.44. The number of hydrogen-bond acceptors (Lipinski definition) is 4. The highest BCUT2D eigenvalue weighted by atomic mass is 16.5. The van der Waals surface area contributed by atoms with Crippen molar-refractivity contribution in [2.75, 3.05) is 20.2 Å². The molecule has 0 bridgehead atoms. The van der Waals surface area contributed by atoms with Crippen LogP contribution in [0.15, 0.2) is 71.1 Å². The van der Waals surface area contributed by atoms with Gasteiger partial charge in [0.2, 0.25) is 0 Å². The molecule has 0 saturated heterocycles. The molecule has 1 atom stereocenters. The Balaban J connectivity index is 1.80. The third-order valence-corrected chi connectivity index (χ3v) is 5.37. The summed E-state index contributed by atoms with van der Waals surface area (Å²) < 4.78 is 5.10. The number of benzene rings is 1. The van der Waals surface area contributed by atoms with Crippen LogP contribution in [0.5, 0.6) is 0 Å². The van der Waals surface area contributed by atoms with Gasteiger partial charge in [0.1, 0.15) is 0 Å². The highest BCUT2D eigenvalue weighted by molar-refractivity contribution is 5.95. The molecule has 1 aliphatic rings. The number of carbonyl (C=O) groups is 1. The first-order chi connectivity index (χ1) is 14.6. The van der Waals surface area contributed by atoms with Crippen molar-refractivity contribution in [3.8, 4) is 0 Å². The van der Waals surface area contributed by atoms with Crippen molar-refractivity contribution in [3.05, 3.63) is 77.3 Å². The van der Waals surface area contributed by atoms with E-state index in [2.05, 4.69) is 40.3 Å². The van der Waals surface area contributed by atoms with Crippen LogP contribution in [0.25, 0.3) is 0 Å². The number of aryl methyl sites for hydroxylation is 1. The molecule has 0 aliphatic carbocycles. The molecular formula is C24H30N4O2. The van der Waals surface area contributed by atoms with Gasteiger partial charge < -0.3 is 15.0 Å². The van der Waals surface area contributed by atoms with E-state index in [4.69, 9.17) is 9.73 Å². The number of rotatable bonds is 8. The molecule has 158 valence electrons. The summed E-state index contributed by atoms with van der Waals surface area (Å²) in [5.41, 5.74) is 3.99. The smallest absolute Gasteiger partial charge is 0.337 e. The molecule has 1 aliphatic heterocycles. The topological polar surface area (TPSA) is 66.8 Å². The van der Waals surface area contributed by atoms with E-state index in [1.165, 1.54) is 12.7 Å². The fraction of sp³-hybridized carbons (Fsp3) is 0.375. The molecule has 1 aromatic heterocycles. The molecule has 30 heavy (non-hydrogen) atoms. The number of ether oxygens (including phenoxy) is 1. The predicted octanol–water partition coefficient (Wildman–Crippen LogP) is 3.35. The molecule has 6 nitrogen and oxygen atoms in total. The number of methoxy groups -OCH3 is 1. The van der Waals surface area contributed by atoms with E-state index in [0.29, 0.717) is 12.1 Å². The maximum Gasteiger partial charge on any atom is 0.337 e. The predicted molar refractivity (Wildman–Crippen MR) is 119 cm³/mol. The number of pyridine rings is 1. The zero-order valence-electron chi connectivity index (χ0n) is 18.0. The highest BCUT2D eigenvalue weighted by Gasteiger charge is 2.33. The van der Waals surface area contributed by atoms with Gasteiger partial charge in [0.15, 0.2) is 5.96 Å². The first-order valence-electron chi connectivity index (χ1n) is 10.4. The van der Waals surface area contributed by atoms with Crippen molar-refractivity contribution in [1.29, 1.82) is 0 Å². The lowest BCUT2D eigenvalue weighted by molar-refractivity contribution is -0.136. The van der Waals surface area contributed by atoms with Crippen LogP contribution in [0.4, 0.5) is 0 Å². The SMILES string of the molecule is CCN1C(=NCCc2cccnc2)NC(CCc2ccccc2)C(C(=O)OC)=C1C. The van der Waals surface area contributed by atoms with Gasteiger partial charge in [0.05, 0.1) is 18.7 Å². The molecule has 3 rings (SSSR count). The minimum Gasteiger partial charge on any atom is -0.466 e. The Hall–Kier alpha value is -3.15. The van der Waals surface area contributed by atoms with Gasteiger partial charge in [0, 0.05) is 31.2 Å². The second kappa shape index (κ2) is 10.6. The first kappa shape index (κ1) is 21.6. The summed E-state index contributed by atoms with van der Waals surface area (Å²) in [5, 5.41) is 3.51. The molecule has 6 heteroatoms. The van der Waals surface area contributed by atoms with Gasteiger partial charge in [-0.2, -0.15) is 0 Å². The number of aliphatic imine (C=N–C) groups is 1. The average molecular weight is 407 g/mol. The van der Waals surface area contributed by atoms with Crippen molar-refractivity contribution in [2.24, 2.45) is 4.99 Å². The van der Waals surface area contributed by atoms with Crippen LogP contribution >= 0.6 is 0 Å². The van der Waals surface area contributed by atoms with Crippen molar-refractivity contribution in [3.63, 3.8) is 0 Å². The Bertz CT molecular complexity index is 894. The highest BCUT2D eigenvalue weighted by Crippen LogP contribution is 2.24. The van der Waals surface area contributed by atoms with E-state index in [-0.39, 0.29) is 12.0 Å². The lowest BCUT2D eigenvalue weighted by atomic mass is 9.95. The summed E-state index contributed by atoms with van der Waals surface area (Å²) in [6, 6.07) is 14.2. The molecule has 0 saturated carbocycles. The fourth-order valence-electron chi connectivity index (χ4n) is 3.79. The average Bonchev–Trinajstić information content (AvgIpc) is 2.78. The molecule has 0 radical (unpaired) electrons. The number of nitrogens with zero attached hydrogens (tertiary/aromatic N) is 3. The zero-order chi connectivity index (χ0) is 21.3. The fourth-order valence-corrected chi connectivity index (χ4v) is 3.79. The third kappa shape index (κ3) is 5.26. The number of esters is 1. The second-order valence-electron chi connectivity index (χ2n) is 7.27. The summed E-state index contributed by atoms with van der Waals surface area (Å²) in [6.45, 7) is 5.40. The standard InChI is InChI=1S/C24H30N4O2/c1-4-28-18(2)22(23(29)30-3)21(13-12-19-9-6-5-7-10-19)27-24(28)26-16-14-20-11-8-15-25-17-20/h5-11,15,17,21H,4,12-14,16H2,1-3H3,(H,26,27). The molecule has 2 heterocycles. The van der Waals surface area contributed by atoms with E-state index >= 15 is 0 Å². The van der Waals surface area contributed by atoms with Crippen LogP contribution in [0.3, 0.4) is 0 Å². The monoisotopic (exact) mass is 406 g/mol. The summed E-state index contributed by atoms with van der Waals surface area (Å²) in [6.07, 6.45) is 6.11. The number of hydrogen-bond donors (Lipinski definition) is 1. The van der Waals surface area contributed by atoms with Crippen LogP contribution in [0.2, 0.25) is 0 Å². The summed E-state index contributed by atoms with van der Waals surface area (Å²) >= 11 is 0. The Labute approximate surface area is 178 Å². The lowest BCUT2D eigenvalue weighted by Crippen LogP contribution is -2.53. The molecule has 0 fully saturated rings. The van der Waals surface area contributed by atoms with E-state index in [1.807, 2.05) is 37.4 Å². The number of allylic oxidation sites excluding steroid dienone is 1. The Kier molecular flexibility index (Phi) is 7.60. The van der Waals surface area contributed by atoms with Crippen molar-refractivity contribution in [2.45, 2.75) is 39.2 Å². The van der Waals surface area contributed by atoms with E-state index in [0.717, 1.165) is 43.0 Å². The van der Waals surface area contributed by atoms with Gasteiger partial charge in [-0.1, -0.05) is 36.4 Å². The number of nitrogens with one attached hydrogen (secondary N) is 1. The Morgan fingerprint density at radius 2 is 1.93 bits per heavy atom. The van der Waals surface area contributed by atoms with Gasteiger partial charge in [-0.25, -0.2) is 4.79 Å². The van der Waals surface area contributed by atoms with E-state index in [9.17, 15) is 4.79 Å². The lowest BCUT2D eigenvalue weighted by Gasteiger charge is -2.37. The number of guanidine groups is 1. The van der Waals surface area contributed by atoms with Gasteiger partial charge in [0.25, 0.3) is 0 Å². The van der Waals surface area contributed by atoms with Gasteiger partial charge in [-0.15, -0.1) is 0 Å². The van der Waals surface area contributed by atoms with E-state index < -0.39 is 0 Å². The zero-order valence-corrected chi connectivity index (χ0v) is 18.0. The minimum absolute atomic E-state index is 0.141. The van der Waals surface area contributed by atoms with Crippen LogP contribution < -0.4 is 5.32 Å². The van der Waals surface area contributed by atoms with Crippen molar-refractivity contribution < 1.29 is 9.53 Å². The molecule has 0 spiro atoms. The molecule has 1 N–H and O–H groups in total. The van der Waals surface area contributed by atoms with Crippen LogP contribution in [-0.4, -0.2) is 48.1 Å². The second-order valence-corrected chi connectivity index (χ2v) is 7.27. The van der Waals surface area contributed by atoms with Crippen LogP contribution in [0, 0.1) is 0 Å². The Morgan fingerprint density at radius 1 is 1.17 bits per heavy atom. The molecule has 1 unspecified atom stereocenters. The van der Waals surface area contributed by atoms with Crippen molar-refractivity contribution in [1.82, 2.24) is 15.2 Å². The largest absolute Gasteiger partial charge is 0.466 e. The maximum absolute atomic E-state index is 12.6. The normalized spacial score (nSPS) is 17.8. The van der Waals surface area contributed by atoms with Gasteiger partial charge in [-0.3, -0.25) is 9.98 Å². The van der Waals surface area contributed by atoms with Crippen LogP contribution in [-0.2, 0) is 22.4 Å². The number of aromatic nitrogens is 1. The van der Waals surface area contributed by atoms with Crippen LogP contribution in [0.1, 0.15) is 31.4 Å².